The van der Waals surface area contributed by atoms with E-state index >= 15 is 0 Å². The maximum absolute atomic E-state index is 9.90. The molecular formula is C4H6N2O2. The van der Waals surface area contributed by atoms with Crippen LogP contribution in [-0.2, 0) is 4.79 Å². The highest BCUT2D eigenvalue weighted by molar-refractivity contribution is 6.35. The van der Waals surface area contributed by atoms with E-state index in [4.69, 9.17) is 5.11 Å². The standard InChI is InChI=1S/C4H6N2O2/c1-5-3(6-2)4(7)8/h1H2,2H3,(H,7,8)/b6-3-. The van der Waals surface area contributed by atoms with E-state index in [0.717, 1.165) is 0 Å². The molecule has 0 rings (SSSR count). The van der Waals surface area contributed by atoms with E-state index in [-0.39, 0.29) is 5.84 Å². The van der Waals surface area contributed by atoms with Crippen molar-refractivity contribution in [1.82, 2.24) is 0 Å². The maximum Gasteiger partial charge on any atom is 0.373 e. The van der Waals surface area contributed by atoms with Gasteiger partial charge in [-0.05, 0) is 6.72 Å². The van der Waals surface area contributed by atoms with Crippen LogP contribution in [0.2, 0.25) is 0 Å². The first kappa shape index (κ1) is 6.81. The molecule has 0 bridgehead atoms. The lowest BCUT2D eigenvalue weighted by Crippen LogP contribution is -2.08. The first-order valence-electron chi connectivity index (χ1n) is 1.89. The predicted octanol–water partition coefficient (Wildman–Crippen LogP) is -0.200. The summed E-state index contributed by atoms with van der Waals surface area (Å²) in [5, 5.41) is 8.11. The molecule has 0 aliphatic carbocycles. The van der Waals surface area contributed by atoms with Crippen LogP contribution in [0.1, 0.15) is 0 Å². The first-order valence-corrected chi connectivity index (χ1v) is 1.89. The molecule has 44 valence electrons. The van der Waals surface area contributed by atoms with Crippen LogP contribution < -0.4 is 0 Å². The summed E-state index contributed by atoms with van der Waals surface area (Å²) in [6.07, 6.45) is 0. The molecule has 0 aromatic carbocycles. The highest BCUT2D eigenvalue weighted by atomic mass is 16.4. The third-order valence-electron chi connectivity index (χ3n) is 0.553. The van der Waals surface area contributed by atoms with Crippen molar-refractivity contribution in [2.75, 3.05) is 7.05 Å². The van der Waals surface area contributed by atoms with E-state index in [9.17, 15) is 4.79 Å². The van der Waals surface area contributed by atoms with Crippen LogP contribution >= 0.6 is 0 Å². The fourth-order valence-corrected chi connectivity index (χ4v) is 0.234. The molecule has 1 N–H and O–H groups in total. The molecule has 0 fully saturated rings. The van der Waals surface area contributed by atoms with Gasteiger partial charge in [0.2, 0.25) is 5.84 Å². The number of hydrogen-bond acceptors (Lipinski definition) is 2. The number of carboxylic acid groups (broad SMARTS) is 1. The number of rotatable bonds is 0. The van der Waals surface area contributed by atoms with Crippen molar-refractivity contribution >= 4 is 18.5 Å². The Kier molecular flexibility index (Phi) is 2.47. The van der Waals surface area contributed by atoms with Crippen molar-refractivity contribution in [3.63, 3.8) is 0 Å². The van der Waals surface area contributed by atoms with Crippen molar-refractivity contribution in [3.8, 4) is 0 Å². The Morgan fingerprint density at radius 3 is 2.25 bits per heavy atom. The van der Waals surface area contributed by atoms with E-state index in [2.05, 4.69) is 16.7 Å². The summed E-state index contributed by atoms with van der Waals surface area (Å²) in [6.45, 7) is 2.99. The minimum atomic E-state index is -1.15. The highest BCUT2D eigenvalue weighted by Gasteiger charge is 2.01. The molecular weight excluding hydrogens is 108 g/mol. The second-order valence-corrected chi connectivity index (χ2v) is 1.01. The SMILES string of the molecule is C=N/C(=N\C)C(=O)O. The van der Waals surface area contributed by atoms with Crippen molar-refractivity contribution in [3.05, 3.63) is 0 Å². The van der Waals surface area contributed by atoms with Gasteiger partial charge in [-0.15, -0.1) is 0 Å². The lowest BCUT2D eigenvalue weighted by Gasteiger charge is -1.84. The summed E-state index contributed by atoms with van der Waals surface area (Å²) in [5.41, 5.74) is 0. The zero-order valence-electron chi connectivity index (χ0n) is 4.46. The molecule has 4 heteroatoms. The molecule has 0 heterocycles. The number of carboxylic acids is 1. The Labute approximate surface area is 46.6 Å². The molecule has 0 saturated carbocycles. The van der Waals surface area contributed by atoms with Crippen molar-refractivity contribution < 1.29 is 9.90 Å². The van der Waals surface area contributed by atoms with Gasteiger partial charge in [-0.25, -0.2) is 9.79 Å². The fourth-order valence-electron chi connectivity index (χ4n) is 0.234. The van der Waals surface area contributed by atoms with E-state index in [1.165, 1.54) is 7.05 Å². The van der Waals surface area contributed by atoms with E-state index in [1.807, 2.05) is 0 Å². The molecule has 0 aliphatic rings. The lowest BCUT2D eigenvalue weighted by atomic mass is 10.6. The summed E-state index contributed by atoms with van der Waals surface area (Å²) < 4.78 is 0. The summed E-state index contributed by atoms with van der Waals surface area (Å²) >= 11 is 0. The highest BCUT2D eigenvalue weighted by Crippen LogP contribution is 1.75. The van der Waals surface area contributed by atoms with Gasteiger partial charge in [-0.2, -0.15) is 0 Å². The quantitative estimate of drug-likeness (QED) is 0.350. The number of nitrogens with zero attached hydrogens (tertiary/aromatic N) is 2. The molecule has 0 atom stereocenters. The molecule has 0 spiro atoms. The van der Waals surface area contributed by atoms with Crippen molar-refractivity contribution in [2.24, 2.45) is 9.98 Å². The Hall–Kier alpha value is -1.19. The molecule has 0 amide bonds. The van der Waals surface area contributed by atoms with E-state index < -0.39 is 5.97 Å². The molecule has 0 unspecified atom stereocenters. The third-order valence-corrected chi connectivity index (χ3v) is 0.553. The van der Waals surface area contributed by atoms with Crippen LogP contribution in [0.4, 0.5) is 0 Å². The van der Waals surface area contributed by atoms with E-state index in [1.54, 1.807) is 0 Å². The topological polar surface area (TPSA) is 62.0 Å². The van der Waals surface area contributed by atoms with Crippen LogP contribution in [-0.4, -0.2) is 30.7 Å². The molecule has 8 heavy (non-hydrogen) atoms. The summed E-state index contributed by atoms with van der Waals surface area (Å²) in [5.74, 6) is -1.41. The Morgan fingerprint density at radius 1 is 1.75 bits per heavy atom. The number of carbonyl (C=O) groups is 1. The normalized spacial score (nSPS) is 10.9. The number of amidine groups is 1. The van der Waals surface area contributed by atoms with Gasteiger partial charge in [0.1, 0.15) is 0 Å². The minimum absolute atomic E-state index is 0.259. The molecule has 0 aromatic heterocycles. The monoisotopic (exact) mass is 114 g/mol. The smallest absolute Gasteiger partial charge is 0.373 e. The maximum atomic E-state index is 9.90. The number of aliphatic imine (C=N–C) groups is 2. The van der Waals surface area contributed by atoms with Crippen molar-refractivity contribution in [1.29, 1.82) is 0 Å². The Bertz CT molecular complexity index is 139. The van der Waals surface area contributed by atoms with Gasteiger partial charge in [0.25, 0.3) is 0 Å². The van der Waals surface area contributed by atoms with Crippen LogP contribution in [0.5, 0.6) is 0 Å². The first-order chi connectivity index (χ1) is 3.72. The largest absolute Gasteiger partial charge is 0.475 e. The number of aliphatic carboxylic acids is 1. The fraction of sp³-hybridized carbons (Fsp3) is 0.250. The van der Waals surface area contributed by atoms with Crippen LogP contribution in [0.15, 0.2) is 9.98 Å². The molecule has 0 radical (unpaired) electrons. The van der Waals surface area contributed by atoms with E-state index in [0.29, 0.717) is 0 Å². The number of hydrogen-bond donors (Lipinski definition) is 1. The van der Waals surface area contributed by atoms with Gasteiger partial charge in [0.05, 0.1) is 0 Å². The second-order valence-electron chi connectivity index (χ2n) is 1.01. The average Bonchev–Trinajstić information content (AvgIpc) is 1.69. The van der Waals surface area contributed by atoms with Gasteiger partial charge >= 0.3 is 5.97 Å². The third kappa shape index (κ3) is 1.51. The summed E-state index contributed by atoms with van der Waals surface area (Å²) in [7, 11) is 1.35. The predicted molar refractivity (Wildman–Crippen MR) is 30.5 cm³/mol. The molecule has 0 aliphatic heterocycles. The Balaban J connectivity index is 4.13. The van der Waals surface area contributed by atoms with Crippen LogP contribution in [0, 0.1) is 0 Å². The van der Waals surface area contributed by atoms with Crippen molar-refractivity contribution in [2.45, 2.75) is 0 Å². The van der Waals surface area contributed by atoms with Crippen LogP contribution in [0.3, 0.4) is 0 Å². The van der Waals surface area contributed by atoms with Gasteiger partial charge in [-0.3, -0.25) is 4.99 Å². The zero-order chi connectivity index (χ0) is 6.57. The second kappa shape index (κ2) is 2.90. The lowest BCUT2D eigenvalue weighted by molar-refractivity contribution is -0.129. The zero-order valence-corrected chi connectivity index (χ0v) is 4.46. The molecule has 4 nitrogen and oxygen atoms in total. The van der Waals surface area contributed by atoms with Crippen LogP contribution in [0.25, 0.3) is 0 Å². The average molecular weight is 114 g/mol. The summed E-state index contributed by atoms with van der Waals surface area (Å²) in [6, 6.07) is 0. The summed E-state index contributed by atoms with van der Waals surface area (Å²) in [4.78, 5) is 16.3. The molecule has 0 saturated heterocycles. The van der Waals surface area contributed by atoms with Gasteiger partial charge in [-0.1, -0.05) is 0 Å². The molecule has 0 aromatic rings. The van der Waals surface area contributed by atoms with Gasteiger partial charge < -0.3 is 5.11 Å². The van der Waals surface area contributed by atoms with Gasteiger partial charge in [0.15, 0.2) is 0 Å². The minimum Gasteiger partial charge on any atom is -0.475 e. The Morgan fingerprint density at radius 2 is 2.25 bits per heavy atom. The van der Waals surface area contributed by atoms with Gasteiger partial charge in [0, 0.05) is 7.05 Å².